The van der Waals surface area contributed by atoms with E-state index in [9.17, 15) is 9.18 Å². The smallest absolute Gasteiger partial charge is 0.243 e. The standard InChI is InChI=1S/C18H27FN2O2.ClH/c1-5-23-15-12-18(20,17(15,2)3)16(22)21(4)11-10-13-6-8-14(19)9-7-13;/h6-9,15H,5,10-12,20H2,1-4H3;1H. The summed E-state index contributed by atoms with van der Waals surface area (Å²) in [6.45, 7) is 7.10. The molecule has 1 saturated carbocycles. The van der Waals surface area contributed by atoms with Gasteiger partial charge in [-0.2, -0.15) is 0 Å². The van der Waals surface area contributed by atoms with Crippen LogP contribution in [0.25, 0.3) is 0 Å². The molecule has 1 aromatic carbocycles. The Balaban J connectivity index is 0.00000288. The number of hydrogen-bond donors (Lipinski definition) is 1. The Morgan fingerprint density at radius 3 is 2.46 bits per heavy atom. The number of nitrogens with two attached hydrogens (primary N) is 1. The number of carbonyl (C=O) groups excluding carboxylic acids is 1. The van der Waals surface area contributed by atoms with Gasteiger partial charge in [0, 0.05) is 32.0 Å². The average Bonchev–Trinajstić information content (AvgIpc) is 2.52. The topological polar surface area (TPSA) is 55.6 Å². The van der Waals surface area contributed by atoms with Gasteiger partial charge in [-0.05, 0) is 31.0 Å². The molecule has 2 N–H and O–H groups in total. The summed E-state index contributed by atoms with van der Waals surface area (Å²) < 4.78 is 18.6. The fourth-order valence-corrected chi connectivity index (χ4v) is 3.19. The third-order valence-electron chi connectivity index (χ3n) is 5.21. The van der Waals surface area contributed by atoms with E-state index in [1.165, 1.54) is 12.1 Å². The molecule has 0 spiro atoms. The monoisotopic (exact) mass is 358 g/mol. The Hall–Kier alpha value is -1.17. The molecule has 2 atom stereocenters. The molecule has 0 radical (unpaired) electrons. The van der Waals surface area contributed by atoms with Crippen LogP contribution in [-0.2, 0) is 16.0 Å². The first-order valence-electron chi connectivity index (χ1n) is 8.13. The van der Waals surface area contributed by atoms with Gasteiger partial charge in [0.05, 0.1) is 6.10 Å². The van der Waals surface area contributed by atoms with Crippen LogP contribution in [0.15, 0.2) is 24.3 Å². The molecule has 6 heteroatoms. The van der Waals surface area contributed by atoms with Crippen molar-refractivity contribution in [2.45, 2.75) is 45.3 Å². The van der Waals surface area contributed by atoms with Gasteiger partial charge in [-0.25, -0.2) is 4.39 Å². The number of carbonyl (C=O) groups is 1. The fraction of sp³-hybridized carbons (Fsp3) is 0.611. The molecule has 1 fully saturated rings. The molecule has 1 aromatic rings. The maximum atomic E-state index is 12.9. The van der Waals surface area contributed by atoms with Gasteiger partial charge >= 0.3 is 0 Å². The van der Waals surface area contributed by atoms with Crippen LogP contribution in [0.4, 0.5) is 4.39 Å². The highest BCUT2D eigenvalue weighted by atomic mass is 35.5. The summed E-state index contributed by atoms with van der Waals surface area (Å²) in [6, 6.07) is 6.35. The Bertz CT molecular complexity index is 565. The molecule has 2 rings (SSSR count). The van der Waals surface area contributed by atoms with Gasteiger partial charge in [0.15, 0.2) is 0 Å². The lowest BCUT2D eigenvalue weighted by molar-refractivity contribution is -0.178. The molecule has 0 aromatic heterocycles. The highest BCUT2D eigenvalue weighted by molar-refractivity contribution is 5.88. The second kappa shape index (κ2) is 7.81. The van der Waals surface area contributed by atoms with E-state index < -0.39 is 5.54 Å². The number of rotatable bonds is 6. The molecular formula is C18H28ClFN2O2. The predicted molar refractivity (Wildman–Crippen MR) is 95.7 cm³/mol. The Labute approximate surface area is 149 Å². The zero-order valence-corrected chi connectivity index (χ0v) is 15.7. The molecule has 1 amide bonds. The first-order valence-corrected chi connectivity index (χ1v) is 8.13. The molecule has 4 nitrogen and oxygen atoms in total. The summed E-state index contributed by atoms with van der Waals surface area (Å²) in [4.78, 5) is 14.4. The van der Waals surface area contributed by atoms with E-state index in [0.29, 0.717) is 26.0 Å². The van der Waals surface area contributed by atoms with Crippen LogP contribution < -0.4 is 5.73 Å². The number of amides is 1. The van der Waals surface area contributed by atoms with Gasteiger partial charge in [-0.3, -0.25) is 4.79 Å². The minimum Gasteiger partial charge on any atom is -0.378 e. The van der Waals surface area contributed by atoms with E-state index in [0.717, 1.165) is 5.56 Å². The zero-order chi connectivity index (χ0) is 17.3. The van der Waals surface area contributed by atoms with E-state index >= 15 is 0 Å². The number of nitrogens with zero attached hydrogens (tertiary/aromatic N) is 1. The molecule has 2 unspecified atom stereocenters. The quantitative estimate of drug-likeness (QED) is 0.850. The SMILES string of the molecule is CCOC1CC(N)(C(=O)N(C)CCc2ccc(F)cc2)C1(C)C.Cl. The number of likely N-dealkylation sites (N-methyl/N-ethyl adjacent to an activating group) is 1. The summed E-state index contributed by atoms with van der Waals surface area (Å²) in [6.07, 6.45) is 1.24. The van der Waals surface area contributed by atoms with Crippen LogP contribution in [0.5, 0.6) is 0 Å². The molecule has 0 bridgehead atoms. The van der Waals surface area contributed by atoms with E-state index in [1.54, 1.807) is 24.1 Å². The number of benzene rings is 1. The normalized spacial score (nSPS) is 24.7. The minimum absolute atomic E-state index is 0. The second-order valence-electron chi connectivity index (χ2n) is 6.94. The molecule has 0 aliphatic heterocycles. The van der Waals surface area contributed by atoms with Crippen LogP contribution in [0.3, 0.4) is 0 Å². The number of halogens is 2. The van der Waals surface area contributed by atoms with Crippen LogP contribution in [-0.4, -0.2) is 42.6 Å². The van der Waals surface area contributed by atoms with Gasteiger partial charge in [0.1, 0.15) is 11.4 Å². The molecule has 0 saturated heterocycles. The van der Waals surface area contributed by atoms with Gasteiger partial charge in [0.2, 0.25) is 5.91 Å². The van der Waals surface area contributed by atoms with E-state index in [1.807, 2.05) is 20.8 Å². The summed E-state index contributed by atoms with van der Waals surface area (Å²) in [5.41, 5.74) is 6.14. The first-order chi connectivity index (χ1) is 10.7. The lowest BCUT2D eigenvalue weighted by Gasteiger charge is -2.58. The van der Waals surface area contributed by atoms with Gasteiger partial charge in [-0.1, -0.05) is 26.0 Å². The van der Waals surface area contributed by atoms with Gasteiger partial charge in [0.25, 0.3) is 0 Å². The van der Waals surface area contributed by atoms with Crippen molar-refractivity contribution in [3.05, 3.63) is 35.6 Å². The summed E-state index contributed by atoms with van der Waals surface area (Å²) >= 11 is 0. The van der Waals surface area contributed by atoms with Crippen molar-refractivity contribution in [2.75, 3.05) is 20.2 Å². The third-order valence-corrected chi connectivity index (χ3v) is 5.21. The van der Waals surface area contributed by atoms with Crippen molar-refractivity contribution < 1.29 is 13.9 Å². The molecular weight excluding hydrogens is 331 g/mol. The van der Waals surface area contributed by atoms with Crippen molar-refractivity contribution in [2.24, 2.45) is 11.1 Å². The molecule has 24 heavy (non-hydrogen) atoms. The van der Waals surface area contributed by atoms with Crippen molar-refractivity contribution in [3.8, 4) is 0 Å². The van der Waals surface area contributed by atoms with Crippen molar-refractivity contribution in [1.29, 1.82) is 0 Å². The fourth-order valence-electron chi connectivity index (χ4n) is 3.19. The average molecular weight is 359 g/mol. The Morgan fingerprint density at radius 2 is 1.96 bits per heavy atom. The largest absolute Gasteiger partial charge is 0.378 e. The van der Waals surface area contributed by atoms with Gasteiger partial charge in [-0.15, -0.1) is 12.4 Å². The molecule has 1 aliphatic rings. The van der Waals surface area contributed by atoms with E-state index in [2.05, 4.69) is 0 Å². The van der Waals surface area contributed by atoms with Crippen LogP contribution >= 0.6 is 12.4 Å². The maximum Gasteiger partial charge on any atom is 0.243 e. The van der Waals surface area contributed by atoms with Crippen molar-refractivity contribution in [3.63, 3.8) is 0 Å². The van der Waals surface area contributed by atoms with E-state index in [-0.39, 0.29) is 35.7 Å². The molecule has 136 valence electrons. The van der Waals surface area contributed by atoms with Crippen LogP contribution in [0.2, 0.25) is 0 Å². The number of hydrogen-bond acceptors (Lipinski definition) is 3. The van der Waals surface area contributed by atoms with Crippen molar-refractivity contribution in [1.82, 2.24) is 4.90 Å². The molecule has 0 heterocycles. The Morgan fingerprint density at radius 1 is 1.38 bits per heavy atom. The summed E-state index contributed by atoms with van der Waals surface area (Å²) in [5.74, 6) is -0.308. The van der Waals surface area contributed by atoms with Crippen molar-refractivity contribution >= 4 is 18.3 Å². The van der Waals surface area contributed by atoms with Gasteiger partial charge < -0.3 is 15.4 Å². The first kappa shape index (κ1) is 20.9. The highest BCUT2D eigenvalue weighted by Gasteiger charge is 2.63. The predicted octanol–water partition coefficient (Wildman–Crippen LogP) is 2.78. The number of ether oxygens (including phenoxy) is 1. The summed E-state index contributed by atoms with van der Waals surface area (Å²) in [5, 5.41) is 0. The van der Waals surface area contributed by atoms with E-state index in [4.69, 9.17) is 10.5 Å². The lowest BCUT2D eigenvalue weighted by atomic mass is 9.54. The third kappa shape index (κ3) is 3.73. The molecule has 1 aliphatic carbocycles. The lowest BCUT2D eigenvalue weighted by Crippen LogP contribution is -2.75. The van der Waals surface area contributed by atoms with Crippen LogP contribution in [0.1, 0.15) is 32.8 Å². The highest BCUT2D eigenvalue weighted by Crippen LogP contribution is 2.50. The minimum atomic E-state index is -0.885. The zero-order valence-electron chi connectivity index (χ0n) is 14.8. The summed E-state index contributed by atoms with van der Waals surface area (Å²) in [7, 11) is 1.77. The maximum absolute atomic E-state index is 12.9. The second-order valence-corrected chi connectivity index (χ2v) is 6.94. The van der Waals surface area contributed by atoms with Crippen LogP contribution in [0, 0.1) is 11.2 Å². The Kier molecular flexibility index (Phi) is 6.79.